The molecule has 0 aromatic carbocycles. The zero-order valence-electron chi connectivity index (χ0n) is 12.9. The highest BCUT2D eigenvalue weighted by atomic mass is 35.5. The van der Waals surface area contributed by atoms with Gasteiger partial charge in [0.1, 0.15) is 5.69 Å². The minimum absolute atomic E-state index is 0. The molecule has 2 heterocycles. The van der Waals surface area contributed by atoms with Crippen molar-refractivity contribution in [1.82, 2.24) is 20.4 Å². The first-order chi connectivity index (χ1) is 10.3. The number of hydrogen-bond acceptors (Lipinski definition) is 5. The average Bonchev–Trinajstić information content (AvgIpc) is 3.01. The topological polar surface area (TPSA) is 77.4 Å². The van der Waals surface area contributed by atoms with Crippen molar-refractivity contribution in [2.24, 2.45) is 0 Å². The van der Waals surface area contributed by atoms with E-state index >= 15 is 0 Å². The summed E-state index contributed by atoms with van der Waals surface area (Å²) in [7, 11) is 1.63. The number of carbonyl (C=O) groups excluding carboxylic acids is 1. The molecule has 0 radical (unpaired) electrons. The molecule has 0 bridgehead atoms. The van der Waals surface area contributed by atoms with Crippen molar-refractivity contribution >= 4 is 18.3 Å². The number of aromatic nitrogens is 2. The zero-order chi connectivity index (χ0) is 14.9. The van der Waals surface area contributed by atoms with Crippen molar-refractivity contribution in [2.45, 2.75) is 18.9 Å². The van der Waals surface area contributed by atoms with Crippen LogP contribution >= 0.6 is 12.4 Å². The fourth-order valence-corrected chi connectivity index (χ4v) is 2.29. The first kappa shape index (κ1) is 18.9. The van der Waals surface area contributed by atoms with Gasteiger partial charge < -0.3 is 20.1 Å². The molecule has 1 atom stereocenters. The number of piperidine rings is 1. The van der Waals surface area contributed by atoms with Gasteiger partial charge in [-0.1, -0.05) is 0 Å². The van der Waals surface area contributed by atoms with E-state index in [4.69, 9.17) is 9.47 Å². The number of nitrogens with one attached hydrogen (secondary N) is 2. The van der Waals surface area contributed by atoms with Gasteiger partial charge in [0.2, 0.25) is 0 Å². The van der Waals surface area contributed by atoms with Crippen molar-refractivity contribution < 1.29 is 14.3 Å². The maximum atomic E-state index is 11.9. The Morgan fingerprint density at radius 1 is 1.50 bits per heavy atom. The second-order valence-electron chi connectivity index (χ2n) is 5.04. The van der Waals surface area contributed by atoms with Gasteiger partial charge in [0, 0.05) is 26.4 Å². The SMILES string of the molecule is COCCOCCNC(=O)c1ccn(C2CCCNC2)n1.Cl. The van der Waals surface area contributed by atoms with Crippen molar-refractivity contribution in [3.63, 3.8) is 0 Å². The molecule has 7 nitrogen and oxygen atoms in total. The molecule has 1 aliphatic heterocycles. The summed E-state index contributed by atoms with van der Waals surface area (Å²) in [5.74, 6) is -0.159. The molecule has 2 N–H and O–H groups in total. The van der Waals surface area contributed by atoms with Crippen molar-refractivity contribution in [3.8, 4) is 0 Å². The third-order valence-electron chi connectivity index (χ3n) is 3.45. The fourth-order valence-electron chi connectivity index (χ4n) is 2.29. The molecule has 1 aliphatic rings. The smallest absolute Gasteiger partial charge is 0.271 e. The Morgan fingerprint density at radius 3 is 3.09 bits per heavy atom. The van der Waals surface area contributed by atoms with E-state index < -0.39 is 0 Å². The van der Waals surface area contributed by atoms with Crippen LogP contribution in [0, 0.1) is 0 Å². The van der Waals surface area contributed by atoms with Crippen LogP contribution in [0.5, 0.6) is 0 Å². The van der Waals surface area contributed by atoms with E-state index in [0.717, 1.165) is 25.9 Å². The molecule has 126 valence electrons. The lowest BCUT2D eigenvalue weighted by Gasteiger charge is -2.22. The number of hydrogen-bond donors (Lipinski definition) is 2. The zero-order valence-corrected chi connectivity index (χ0v) is 13.7. The summed E-state index contributed by atoms with van der Waals surface area (Å²) < 4.78 is 12.0. The lowest BCUT2D eigenvalue weighted by molar-refractivity contribution is 0.0691. The molecule has 1 saturated heterocycles. The van der Waals surface area contributed by atoms with Crippen LogP contribution in [0.2, 0.25) is 0 Å². The number of methoxy groups -OCH3 is 1. The Morgan fingerprint density at radius 2 is 2.36 bits per heavy atom. The molecule has 8 heteroatoms. The number of ether oxygens (including phenoxy) is 2. The maximum Gasteiger partial charge on any atom is 0.271 e. The van der Waals surface area contributed by atoms with Crippen molar-refractivity contribution in [2.75, 3.05) is 46.6 Å². The van der Waals surface area contributed by atoms with Gasteiger partial charge in [-0.15, -0.1) is 12.4 Å². The highest BCUT2D eigenvalue weighted by Gasteiger charge is 2.17. The second kappa shape index (κ2) is 10.6. The number of amides is 1. The van der Waals surface area contributed by atoms with Gasteiger partial charge in [0.15, 0.2) is 0 Å². The van der Waals surface area contributed by atoms with Crippen LogP contribution in [0.25, 0.3) is 0 Å². The standard InChI is InChI=1S/C14H24N4O3.ClH/c1-20-9-10-21-8-6-16-14(19)13-4-7-18(17-13)12-3-2-5-15-11-12;/h4,7,12,15H,2-3,5-6,8-11H2,1H3,(H,16,19);1H. The van der Waals surface area contributed by atoms with E-state index in [9.17, 15) is 4.79 Å². The largest absolute Gasteiger partial charge is 0.382 e. The summed E-state index contributed by atoms with van der Waals surface area (Å²) in [6.45, 7) is 4.02. The monoisotopic (exact) mass is 332 g/mol. The minimum atomic E-state index is -0.159. The quantitative estimate of drug-likeness (QED) is 0.683. The van der Waals surface area contributed by atoms with Gasteiger partial charge in [-0.05, 0) is 25.5 Å². The fraction of sp³-hybridized carbons (Fsp3) is 0.714. The molecule has 1 aromatic heterocycles. The molecule has 1 amide bonds. The Labute approximate surface area is 137 Å². The van der Waals surface area contributed by atoms with Crippen LogP contribution in [0.1, 0.15) is 29.4 Å². The molecule has 0 spiro atoms. The van der Waals surface area contributed by atoms with Gasteiger partial charge in [-0.25, -0.2) is 0 Å². The predicted octanol–water partition coefficient (Wildman–Crippen LogP) is 0.622. The first-order valence-electron chi connectivity index (χ1n) is 7.42. The van der Waals surface area contributed by atoms with Crippen LogP contribution in [-0.2, 0) is 9.47 Å². The summed E-state index contributed by atoms with van der Waals surface area (Å²) in [6.07, 6.45) is 4.12. The number of carbonyl (C=O) groups is 1. The predicted molar refractivity (Wildman–Crippen MR) is 85.6 cm³/mol. The molecule has 2 rings (SSSR count). The van der Waals surface area contributed by atoms with Crippen LogP contribution in [0.3, 0.4) is 0 Å². The number of rotatable bonds is 8. The summed E-state index contributed by atoms with van der Waals surface area (Å²) >= 11 is 0. The van der Waals surface area contributed by atoms with Crippen LogP contribution in [0.4, 0.5) is 0 Å². The number of nitrogens with zero attached hydrogens (tertiary/aromatic N) is 2. The number of halogens is 1. The highest BCUT2D eigenvalue weighted by molar-refractivity contribution is 5.92. The molecule has 1 fully saturated rings. The summed E-state index contributed by atoms with van der Waals surface area (Å²) in [5, 5.41) is 10.5. The lowest BCUT2D eigenvalue weighted by atomic mass is 10.1. The molecule has 1 aromatic rings. The van der Waals surface area contributed by atoms with E-state index in [1.54, 1.807) is 13.2 Å². The average molecular weight is 333 g/mol. The van der Waals surface area contributed by atoms with E-state index in [1.807, 2.05) is 10.9 Å². The van der Waals surface area contributed by atoms with Gasteiger partial charge in [-0.2, -0.15) is 5.10 Å². The molecular formula is C14H25ClN4O3. The minimum Gasteiger partial charge on any atom is -0.382 e. The van der Waals surface area contributed by atoms with E-state index in [2.05, 4.69) is 15.7 Å². The van der Waals surface area contributed by atoms with Crippen molar-refractivity contribution in [1.29, 1.82) is 0 Å². The Balaban J connectivity index is 0.00000242. The van der Waals surface area contributed by atoms with E-state index in [-0.39, 0.29) is 18.3 Å². The maximum absolute atomic E-state index is 11.9. The summed E-state index contributed by atoms with van der Waals surface area (Å²) in [4.78, 5) is 11.9. The van der Waals surface area contributed by atoms with Gasteiger partial charge in [0.05, 0.1) is 25.9 Å². The Kier molecular flexibility index (Phi) is 9.07. The Bertz CT molecular complexity index is 435. The van der Waals surface area contributed by atoms with Gasteiger partial charge >= 0.3 is 0 Å². The molecular weight excluding hydrogens is 308 g/mol. The Hall–Kier alpha value is -1.15. The van der Waals surface area contributed by atoms with E-state index in [0.29, 0.717) is 38.1 Å². The lowest BCUT2D eigenvalue weighted by Crippen LogP contribution is -2.32. The van der Waals surface area contributed by atoms with Gasteiger partial charge in [0.25, 0.3) is 5.91 Å². The molecule has 0 saturated carbocycles. The summed E-state index contributed by atoms with van der Waals surface area (Å²) in [5.41, 5.74) is 0.456. The summed E-state index contributed by atoms with van der Waals surface area (Å²) in [6, 6.07) is 2.10. The first-order valence-corrected chi connectivity index (χ1v) is 7.42. The molecule has 0 aliphatic carbocycles. The normalized spacial score (nSPS) is 17.8. The highest BCUT2D eigenvalue weighted by Crippen LogP contribution is 2.15. The van der Waals surface area contributed by atoms with Crippen LogP contribution in [0.15, 0.2) is 12.3 Å². The van der Waals surface area contributed by atoms with Crippen molar-refractivity contribution in [3.05, 3.63) is 18.0 Å². The molecule has 1 unspecified atom stereocenters. The third kappa shape index (κ3) is 5.92. The van der Waals surface area contributed by atoms with E-state index in [1.165, 1.54) is 0 Å². The van der Waals surface area contributed by atoms with Crippen LogP contribution in [-0.4, -0.2) is 62.3 Å². The second-order valence-corrected chi connectivity index (χ2v) is 5.04. The van der Waals surface area contributed by atoms with Gasteiger partial charge in [-0.3, -0.25) is 9.48 Å². The third-order valence-corrected chi connectivity index (χ3v) is 3.45. The molecule has 22 heavy (non-hydrogen) atoms. The van der Waals surface area contributed by atoms with Crippen LogP contribution < -0.4 is 10.6 Å².